The van der Waals surface area contributed by atoms with Crippen molar-refractivity contribution in [3.63, 3.8) is 0 Å². The number of rotatable bonds is 2. The molecule has 0 aromatic heterocycles. The molecule has 2 aliphatic rings. The molecule has 1 saturated heterocycles. The van der Waals surface area contributed by atoms with Gasteiger partial charge in [0.15, 0.2) is 5.17 Å². The summed E-state index contributed by atoms with van der Waals surface area (Å²) < 4.78 is 0. The Labute approximate surface area is 104 Å². The standard InChI is InChI=1S/C13H24N2S/c1-12(2,3)8-9-14-11-15-13(10-16-11)6-4-5-7-13/h4-10H2,1-3H3,(H,14,15). The Balaban J connectivity index is 1.81. The van der Waals surface area contributed by atoms with Crippen LogP contribution in [-0.4, -0.2) is 23.0 Å². The van der Waals surface area contributed by atoms with E-state index in [1.54, 1.807) is 0 Å². The molecule has 1 saturated carbocycles. The molecule has 0 atom stereocenters. The summed E-state index contributed by atoms with van der Waals surface area (Å²) in [4.78, 5) is 4.70. The summed E-state index contributed by atoms with van der Waals surface area (Å²) in [5, 5.41) is 4.87. The Morgan fingerprint density at radius 2 is 2.00 bits per heavy atom. The Morgan fingerprint density at radius 1 is 1.31 bits per heavy atom. The molecule has 1 aliphatic carbocycles. The lowest BCUT2D eigenvalue weighted by atomic mass is 9.93. The van der Waals surface area contributed by atoms with Gasteiger partial charge in [-0.1, -0.05) is 45.4 Å². The molecule has 1 heterocycles. The molecule has 0 unspecified atom stereocenters. The average Bonchev–Trinajstić information content (AvgIpc) is 2.76. The summed E-state index contributed by atoms with van der Waals surface area (Å²) in [7, 11) is 0. The molecule has 3 heteroatoms. The summed E-state index contributed by atoms with van der Waals surface area (Å²) in [6, 6.07) is 0. The second-order valence-electron chi connectivity index (χ2n) is 6.40. The van der Waals surface area contributed by atoms with Crippen LogP contribution < -0.4 is 5.32 Å². The molecule has 0 radical (unpaired) electrons. The maximum atomic E-state index is 4.70. The van der Waals surface area contributed by atoms with Crippen LogP contribution in [0, 0.1) is 5.41 Å². The molecule has 2 rings (SSSR count). The number of aliphatic imine (C=N–C) groups is 1. The van der Waals surface area contributed by atoms with Gasteiger partial charge in [-0.05, 0) is 24.7 Å². The van der Waals surface area contributed by atoms with Crippen LogP contribution in [0.3, 0.4) is 0 Å². The predicted molar refractivity (Wildman–Crippen MR) is 73.2 cm³/mol. The second kappa shape index (κ2) is 4.59. The highest BCUT2D eigenvalue weighted by Crippen LogP contribution is 2.37. The summed E-state index contributed by atoms with van der Waals surface area (Å²) in [6.07, 6.45) is 6.65. The first-order valence-electron chi connectivity index (χ1n) is 6.45. The van der Waals surface area contributed by atoms with E-state index < -0.39 is 0 Å². The van der Waals surface area contributed by atoms with E-state index in [4.69, 9.17) is 4.99 Å². The minimum absolute atomic E-state index is 0.401. The number of nitrogens with one attached hydrogen (secondary N) is 1. The molecule has 2 nitrogen and oxygen atoms in total. The quantitative estimate of drug-likeness (QED) is 0.799. The predicted octanol–water partition coefficient (Wildman–Crippen LogP) is 3.43. The zero-order chi connectivity index (χ0) is 11.6. The molecule has 1 N–H and O–H groups in total. The van der Waals surface area contributed by atoms with Gasteiger partial charge in [-0.25, -0.2) is 0 Å². The molecular formula is C13H24N2S. The van der Waals surface area contributed by atoms with Crippen LogP contribution >= 0.6 is 11.8 Å². The van der Waals surface area contributed by atoms with E-state index in [1.807, 2.05) is 11.8 Å². The number of nitrogens with zero attached hydrogens (tertiary/aromatic N) is 1. The van der Waals surface area contributed by atoms with Crippen LogP contribution in [0.1, 0.15) is 52.9 Å². The first-order chi connectivity index (χ1) is 7.49. The number of hydrogen-bond donors (Lipinski definition) is 1. The van der Waals surface area contributed by atoms with Crippen LogP contribution in [0.25, 0.3) is 0 Å². The van der Waals surface area contributed by atoms with Gasteiger partial charge < -0.3 is 5.32 Å². The van der Waals surface area contributed by atoms with Crippen LogP contribution in [0.2, 0.25) is 0 Å². The van der Waals surface area contributed by atoms with Gasteiger partial charge in [0, 0.05) is 17.8 Å². The van der Waals surface area contributed by atoms with Crippen LogP contribution in [0.15, 0.2) is 4.99 Å². The topological polar surface area (TPSA) is 24.4 Å². The molecule has 2 fully saturated rings. The van der Waals surface area contributed by atoms with Crippen LogP contribution in [-0.2, 0) is 0 Å². The normalized spacial score (nSPS) is 26.6. The van der Waals surface area contributed by atoms with E-state index in [2.05, 4.69) is 26.1 Å². The molecule has 1 aliphatic heterocycles. The molecule has 0 aromatic rings. The van der Waals surface area contributed by atoms with Crippen molar-refractivity contribution in [2.45, 2.75) is 58.4 Å². The van der Waals surface area contributed by atoms with Gasteiger partial charge in [-0.2, -0.15) is 0 Å². The molecule has 92 valence electrons. The lowest BCUT2D eigenvalue weighted by Crippen LogP contribution is -2.40. The molecule has 1 spiro atoms. The number of hydrogen-bond acceptors (Lipinski definition) is 2. The smallest absolute Gasteiger partial charge is 0.157 e. The Morgan fingerprint density at radius 3 is 2.62 bits per heavy atom. The molecule has 0 amide bonds. The fraction of sp³-hybridized carbons (Fsp3) is 0.923. The van der Waals surface area contributed by atoms with Crippen LogP contribution in [0.4, 0.5) is 0 Å². The zero-order valence-electron chi connectivity index (χ0n) is 10.8. The van der Waals surface area contributed by atoms with Crippen molar-refractivity contribution in [1.82, 2.24) is 5.32 Å². The van der Waals surface area contributed by atoms with Crippen molar-refractivity contribution >= 4 is 16.9 Å². The monoisotopic (exact) mass is 240 g/mol. The molecule has 16 heavy (non-hydrogen) atoms. The summed E-state index contributed by atoms with van der Waals surface area (Å²) >= 11 is 1.93. The van der Waals surface area contributed by atoms with Crippen molar-refractivity contribution in [3.8, 4) is 0 Å². The maximum absolute atomic E-state index is 4.70. The summed E-state index contributed by atoms with van der Waals surface area (Å²) in [6.45, 7) is 7.80. The first kappa shape index (κ1) is 12.3. The van der Waals surface area contributed by atoms with Crippen molar-refractivity contribution in [2.75, 3.05) is 12.3 Å². The molecule has 0 bridgehead atoms. The van der Waals surface area contributed by atoms with Gasteiger partial charge in [0.2, 0.25) is 0 Å². The Bertz CT molecular complexity index is 272. The van der Waals surface area contributed by atoms with E-state index in [0.717, 1.165) is 6.54 Å². The summed E-state index contributed by atoms with van der Waals surface area (Å²) in [5.41, 5.74) is 0.823. The highest BCUT2D eigenvalue weighted by Gasteiger charge is 2.39. The second-order valence-corrected chi connectivity index (χ2v) is 7.36. The lowest BCUT2D eigenvalue weighted by Gasteiger charge is -2.22. The fourth-order valence-electron chi connectivity index (χ4n) is 2.40. The molecular weight excluding hydrogens is 216 g/mol. The highest BCUT2D eigenvalue weighted by molar-refractivity contribution is 8.14. The maximum Gasteiger partial charge on any atom is 0.157 e. The summed E-state index contributed by atoms with van der Waals surface area (Å²) in [5.74, 6) is 1.24. The minimum atomic E-state index is 0.401. The van der Waals surface area contributed by atoms with Crippen LogP contribution in [0.5, 0.6) is 0 Å². The van der Waals surface area contributed by atoms with Crippen molar-refractivity contribution in [1.29, 1.82) is 0 Å². The minimum Gasteiger partial charge on any atom is -0.359 e. The number of thioether (sulfide) groups is 1. The molecule has 0 aromatic carbocycles. The van der Waals surface area contributed by atoms with E-state index in [1.165, 1.54) is 43.0 Å². The van der Waals surface area contributed by atoms with Gasteiger partial charge in [-0.3, -0.25) is 4.99 Å². The van der Waals surface area contributed by atoms with Gasteiger partial charge in [-0.15, -0.1) is 0 Å². The highest BCUT2D eigenvalue weighted by atomic mass is 32.2. The Kier molecular flexibility index (Phi) is 3.53. The van der Waals surface area contributed by atoms with E-state index >= 15 is 0 Å². The lowest BCUT2D eigenvalue weighted by molar-refractivity contribution is 0.384. The van der Waals surface area contributed by atoms with Gasteiger partial charge in [0.1, 0.15) is 0 Å². The number of amidine groups is 1. The van der Waals surface area contributed by atoms with Gasteiger partial charge in [0.05, 0.1) is 0 Å². The average molecular weight is 240 g/mol. The third-order valence-electron chi connectivity index (χ3n) is 3.54. The third-order valence-corrected chi connectivity index (χ3v) is 4.74. The van der Waals surface area contributed by atoms with E-state index in [9.17, 15) is 0 Å². The third kappa shape index (κ3) is 3.16. The van der Waals surface area contributed by atoms with Crippen molar-refractivity contribution in [2.24, 2.45) is 10.4 Å². The van der Waals surface area contributed by atoms with Crippen molar-refractivity contribution < 1.29 is 0 Å². The van der Waals surface area contributed by atoms with Gasteiger partial charge >= 0.3 is 0 Å². The first-order valence-corrected chi connectivity index (χ1v) is 7.43. The SMILES string of the molecule is CC(C)(C)CCN=C1NC2(CCCC2)CS1. The largest absolute Gasteiger partial charge is 0.359 e. The zero-order valence-corrected chi connectivity index (χ0v) is 11.6. The van der Waals surface area contributed by atoms with E-state index in [-0.39, 0.29) is 0 Å². The van der Waals surface area contributed by atoms with Gasteiger partial charge in [0.25, 0.3) is 0 Å². The van der Waals surface area contributed by atoms with Crippen molar-refractivity contribution in [3.05, 3.63) is 0 Å². The van der Waals surface area contributed by atoms with E-state index in [0.29, 0.717) is 11.0 Å². The fourth-order valence-corrected chi connectivity index (χ4v) is 3.65. The Hall–Kier alpha value is -0.180.